The summed E-state index contributed by atoms with van der Waals surface area (Å²) >= 11 is 1.22. The number of nitrogens with two attached hydrogens (primary N) is 1. The number of aromatic nitrogens is 3. The van der Waals surface area contributed by atoms with E-state index in [0.29, 0.717) is 39.4 Å². The van der Waals surface area contributed by atoms with E-state index in [4.69, 9.17) is 9.53 Å². The van der Waals surface area contributed by atoms with Crippen molar-refractivity contribution in [2.75, 3.05) is 20.0 Å². The van der Waals surface area contributed by atoms with Gasteiger partial charge < -0.3 is 19.8 Å². The second kappa shape index (κ2) is 12.4. The predicted molar refractivity (Wildman–Crippen MR) is 127 cm³/mol. The van der Waals surface area contributed by atoms with Crippen LogP contribution in [-0.2, 0) is 33.5 Å². The van der Waals surface area contributed by atoms with E-state index in [9.17, 15) is 22.8 Å². The van der Waals surface area contributed by atoms with Crippen LogP contribution in [0.3, 0.4) is 0 Å². The number of nitrogens with zero attached hydrogens (tertiary/aromatic N) is 3. The molecule has 0 unspecified atom stereocenters. The van der Waals surface area contributed by atoms with Gasteiger partial charge in [-0.15, -0.1) is 0 Å². The molecule has 2 N–H and O–H groups in total. The zero-order valence-electron chi connectivity index (χ0n) is 20.0. The Balaban J connectivity index is 0.00000145. The molecule has 3 aromatic rings. The molecule has 3 rings (SSSR count). The molecule has 0 saturated carbocycles. The van der Waals surface area contributed by atoms with Gasteiger partial charge in [-0.25, -0.2) is 9.78 Å². The lowest BCUT2D eigenvalue weighted by molar-refractivity contribution is -0.143. The van der Waals surface area contributed by atoms with Gasteiger partial charge in [-0.05, 0) is 37.3 Å². The number of ketones is 1. The highest BCUT2D eigenvalue weighted by Crippen LogP contribution is 2.35. The minimum absolute atomic E-state index is 0.0393. The third-order valence-electron chi connectivity index (χ3n) is 4.98. The number of fused-ring (bicyclic) bond motifs is 1. The van der Waals surface area contributed by atoms with E-state index in [1.807, 2.05) is 6.92 Å². The van der Waals surface area contributed by atoms with E-state index < -0.39 is 24.3 Å². The van der Waals surface area contributed by atoms with Crippen molar-refractivity contribution in [3.63, 3.8) is 0 Å². The van der Waals surface area contributed by atoms with Gasteiger partial charge in [0.05, 0.1) is 23.6 Å². The Morgan fingerprint density at radius 1 is 1.25 bits per heavy atom. The molecule has 194 valence electrons. The van der Waals surface area contributed by atoms with Crippen LogP contribution in [-0.4, -0.2) is 52.7 Å². The summed E-state index contributed by atoms with van der Waals surface area (Å²) in [5.41, 5.74) is 5.04. The topological polar surface area (TPSA) is 126 Å². The SMILES string of the molecule is CCc1c(C(C)=O)c2c(OCC(=O)OC)nc(SC)nc2n1Cc1cccc(C(F)(F)F)c1.NC=O. The molecule has 2 heterocycles. The molecule has 2 aromatic heterocycles. The summed E-state index contributed by atoms with van der Waals surface area (Å²) in [4.78, 5) is 41.7. The van der Waals surface area contributed by atoms with Crippen molar-refractivity contribution in [1.82, 2.24) is 14.5 Å². The van der Waals surface area contributed by atoms with Gasteiger partial charge in [-0.3, -0.25) is 9.59 Å². The molecule has 0 aliphatic rings. The highest BCUT2D eigenvalue weighted by Gasteiger charge is 2.31. The first-order chi connectivity index (χ1) is 17.0. The molecule has 13 heteroatoms. The van der Waals surface area contributed by atoms with Crippen molar-refractivity contribution in [2.24, 2.45) is 5.73 Å². The molecule has 1 aromatic carbocycles. The molecular weight excluding hydrogens is 501 g/mol. The Bertz CT molecular complexity index is 1260. The summed E-state index contributed by atoms with van der Waals surface area (Å²) in [6.45, 7) is 2.85. The number of alkyl halides is 3. The number of carbonyl (C=O) groups is 3. The first kappa shape index (κ1) is 28.6. The lowest BCUT2D eigenvalue weighted by Gasteiger charge is -2.13. The average molecular weight is 527 g/mol. The van der Waals surface area contributed by atoms with Gasteiger partial charge in [0.1, 0.15) is 5.65 Å². The highest BCUT2D eigenvalue weighted by atomic mass is 32.2. The number of methoxy groups -OCH3 is 1. The summed E-state index contributed by atoms with van der Waals surface area (Å²) in [5, 5.41) is 0.635. The van der Waals surface area contributed by atoms with Crippen LogP contribution in [0.15, 0.2) is 29.4 Å². The van der Waals surface area contributed by atoms with Gasteiger partial charge in [-0.2, -0.15) is 18.2 Å². The van der Waals surface area contributed by atoms with E-state index in [-0.39, 0.29) is 24.6 Å². The third-order valence-corrected chi connectivity index (χ3v) is 5.52. The van der Waals surface area contributed by atoms with Crippen molar-refractivity contribution >= 4 is 41.0 Å². The molecule has 0 aliphatic heterocycles. The van der Waals surface area contributed by atoms with Crippen molar-refractivity contribution in [3.05, 3.63) is 46.6 Å². The van der Waals surface area contributed by atoms with Crippen LogP contribution in [0.25, 0.3) is 11.0 Å². The zero-order valence-corrected chi connectivity index (χ0v) is 20.8. The summed E-state index contributed by atoms with van der Waals surface area (Å²) in [7, 11) is 1.22. The number of hydrogen-bond donors (Lipinski definition) is 1. The fraction of sp³-hybridized carbons (Fsp3) is 0.348. The maximum absolute atomic E-state index is 13.2. The highest BCUT2D eigenvalue weighted by molar-refractivity contribution is 7.98. The standard InChI is InChI=1S/C22H22F3N3O4S.CH3NO/c1-5-15-17(12(2)29)18-19(26-21(33-4)27-20(18)32-11-16(30)31-3)28(15)10-13-7-6-8-14(9-13)22(23,24)25;2-1-3/h6-9H,5,10-11H2,1-4H3;1H,(H2,2,3). The number of esters is 1. The molecule has 1 amide bonds. The summed E-state index contributed by atoms with van der Waals surface area (Å²) in [6, 6.07) is 5.00. The second-order valence-electron chi connectivity index (χ2n) is 7.23. The Morgan fingerprint density at radius 3 is 2.44 bits per heavy atom. The Morgan fingerprint density at radius 2 is 1.92 bits per heavy atom. The van der Waals surface area contributed by atoms with E-state index >= 15 is 0 Å². The molecule has 9 nitrogen and oxygen atoms in total. The number of Topliss-reactive ketones (excluding diaryl/α,β-unsaturated/α-hetero) is 1. The fourth-order valence-corrected chi connectivity index (χ4v) is 3.91. The number of thioether (sulfide) groups is 1. The fourth-order valence-electron chi connectivity index (χ4n) is 3.56. The van der Waals surface area contributed by atoms with Crippen LogP contribution in [0.2, 0.25) is 0 Å². The van der Waals surface area contributed by atoms with Gasteiger partial charge >= 0.3 is 12.1 Å². The number of amides is 1. The number of carbonyl (C=O) groups excluding carboxylic acids is 3. The Hall–Kier alpha value is -3.61. The molecular formula is C23H25F3N4O5S. The molecule has 0 radical (unpaired) electrons. The van der Waals surface area contributed by atoms with Crippen molar-refractivity contribution in [2.45, 2.75) is 38.1 Å². The van der Waals surface area contributed by atoms with E-state index in [0.717, 1.165) is 12.1 Å². The number of primary amides is 1. The molecule has 0 aliphatic carbocycles. The van der Waals surface area contributed by atoms with Gasteiger partial charge in [0.2, 0.25) is 12.3 Å². The minimum atomic E-state index is -4.48. The molecule has 0 fully saturated rings. The summed E-state index contributed by atoms with van der Waals surface area (Å²) in [6.07, 6.45) is -2.07. The lowest BCUT2D eigenvalue weighted by atomic mass is 10.1. The van der Waals surface area contributed by atoms with Crippen LogP contribution < -0.4 is 10.5 Å². The average Bonchev–Trinajstić information content (AvgIpc) is 3.15. The molecule has 0 atom stereocenters. The van der Waals surface area contributed by atoms with Gasteiger partial charge in [0.25, 0.3) is 0 Å². The van der Waals surface area contributed by atoms with Gasteiger partial charge in [0, 0.05) is 12.2 Å². The molecule has 0 bridgehead atoms. The Kier molecular flexibility index (Phi) is 9.84. The van der Waals surface area contributed by atoms with E-state index in [1.165, 1.54) is 31.9 Å². The quantitative estimate of drug-likeness (QED) is 0.155. The van der Waals surface area contributed by atoms with Crippen LogP contribution in [0.4, 0.5) is 13.2 Å². The van der Waals surface area contributed by atoms with Crippen LogP contribution in [0, 0.1) is 0 Å². The van der Waals surface area contributed by atoms with Gasteiger partial charge in [0.15, 0.2) is 17.5 Å². The van der Waals surface area contributed by atoms with Crippen molar-refractivity contribution in [3.8, 4) is 5.88 Å². The normalized spacial score (nSPS) is 11.0. The lowest BCUT2D eigenvalue weighted by Crippen LogP contribution is -2.14. The summed E-state index contributed by atoms with van der Waals surface area (Å²) in [5.74, 6) is -0.864. The van der Waals surface area contributed by atoms with Crippen molar-refractivity contribution < 1.29 is 37.0 Å². The molecule has 36 heavy (non-hydrogen) atoms. The molecule has 0 spiro atoms. The third kappa shape index (κ3) is 6.53. The second-order valence-corrected chi connectivity index (χ2v) is 8.00. The number of halogens is 3. The first-order valence-electron chi connectivity index (χ1n) is 10.5. The van der Waals surface area contributed by atoms with Crippen LogP contribution in [0.1, 0.15) is 41.0 Å². The number of ether oxygens (including phenoxy) is 2. The zero-order chi connectivity index (χ0) is 27.0. The van der Waals surface area contributed by atoms with Gasteiger partial charge in [-0.1, -0.05) is 30.8 Å². The van der Waals surface area contributed by atoms with Crippen molar-refractivity contribution in [1.29, 1.82) is 0 Å². The molecule has 0 saturated heterocycles. The van der Waals surface area contributed by atoms with E-state index in [1.54, 1.807) is 16.9 Å². The Labute approximate surface area is 209 Å². The monoisotopic (exact) mass is 526 g/mol. The number of hydrogen-bond acceptors (Lipinski definition) is 8. The maximum Gasteiger partial charge on any atom is 0.416 e. The van der Waals surface area contributed by atoms with Crippen LogP contribution >= 0.6 is 11.8 Å². The predicted octanol–water partition coefficient (Wildman–Crippen LogP) is 3.64. The number of benzene rings is 1. The largest absolute Gasteiger partial charge is 0.466 e. The smallest absolute Gasteiger partial charge is 0.416 e. The first-order valence-corrected chi connectivity index (χ1v) is 11.7. The number of rotatable bonds is 8. The summed E-state index contributed by atoms with van der Waals surface area (Å²) < 4.78 is 51.5. The van der Waals surface area contributed by atoms with Crippen LogP contribution in [0.5, 0.6) is 5.88 Å². The minimum Gasteiger partial charge on any atom is -0.466 e. The maximum atomic E-state index is 13.2. The van der Waals surface area contributed by atoms with E-state index in [2.05, 4.69) is 20.4 Å².